The van der Waals surface area contributed by atoms with Crippen molar-refractivity contribution in [2.45, 2.75) is 12.7 Å². The number of alkyl halides is 2. The third-order valence-electron chi connectivity index (χ3n) is 4.64. The highest BCUT2D eigenvalue weighted by Crippen LogP contribution is 2.26. The molecule has 160 valence electrons. The Morgan fingerprint density at radius 1 is 1.06 bits per heavy atom. The lowest BCUT2D eigenvalue weighted by molar-refractivity contribution is -0.0498. The lowest BCUT2D eigenvalue weighted by Gasteiger charge is -2.14. The van der Waals surface area contributed by atoms with Crippen LogP contribution in [0.2, 0.25) is 0 Å². The van der Waals surface area contributed by atoms with E-state index in [0.717, 1.165) is 5.56 Å². The second kappa shape index (κ2) is 8.92. The summed E-state index contributed by atoms with van der Waals surface area (Å²) in [6.07, 6.45) is 1.66. The molecule has 0 radical (unpaired) electrons. The third-order valence-corrected chi connectivity index (χ3v) is 4.64. The zero-order chi connectivity index (χ0) is 21.8. The van der Waals surface area contributed by atoms with Gasteiger partial charge in [0.2, 0.25) is 5.95 Å². The number of hydrogen-bond acceptors (Lipinski definition) is 7. The third kappa shape index (κ3) is 4.86. The van der Waals surface area contributed by atoms with Gasteiger partial charge in [0.15, 0.2) is 5.65 Å². The number of nitrogens with one attached hydrogen (secondary N) is 2. The van der Waals surface area contributed by atoms with E-state index in [2.05, 4.69) is 30.4 Å². The number of ether oxygens (including phenoxy) is 1. The van der Waals surface area contributed by atoms with Crippen LogP contribution in [0.4, 0.5) is 26.2 Å². The first-order valence-corrected chi connectivity index (χ1v) is 9.55. The maximum Gasteiger partial charge on any atom is 0.387 e. The molecule has 1 unspecified atom stereocenters. The Morgan fingerprint density at radius 2 is 1.81 bits per heavy atom. The zero-order valence-corrected chi connectivity index (χ0v) is 16.7. The average Bonchev–Trinajstić information content (AvgIpc) is 3.15. The first-order chi connectivity index (χ1) is 15.0. The minimum atomic E-state index is -2.87. The molecule has 2 aromatic carbocycles. The molecule has 4 aromatic rings. The van der Waals surface area contributed by atoms with Gasteiger partial charge in [0.25, 0.3) is 0 Å². The van der Waals surface area contributed by atoms with Crippen LogP contribution in [0.5, 0.6) is 5.75 Å². The molecule has 0 aliphatic carbocycles. The van der Waals surface area contributed by atoms with Gasteiger partial charge in [-0.15, -0.1) is 0 Å². The van der Waals surface area contributed by atoms with E-state index in [4.69, 9.17) is 5.73 Å². The molecule has 4 N–H and O–H groups in total. The van der Waals surface area contributed by atoms with E-state index in [1.807, 2.05) is 30.3 Å². The number of benzene rings is 2. The van der Waals surface area contributed by atoms with Gasteiger partial charge < -0.3 is 21.1 Å². The smallest absolute Gasteiger partial charge is 0.387 e. The van der Waals surface area contributed by atoms with Crippen molar-refractivity contribution in [1.29, 1.82) is 0 Å². The van der Waals surface area contributed by atoms with Gasteiger partial charge in [0.05, 0.1) is 11.6 Å². The van der Waals surface area contributed by atoms with Crippen LogP contribution >= 0.6 is 0 Å². The van der Waals surface area contributed by atoms with Gasteiger partial charge in [0, 0.05) is 25.3 Å². The summed E-state index contributed by atoms with van der Waals surface area (Å²) in [5.74, 6) is 0.992. The molecule has 0 amide bonds. The number of hydrogen-bond donors (Lipinski definition) is 3. The molecule has 2 aromatic heterocycles. The minimum Gasteiger partial charge on any atom is -0.435 e. The molecule has 0 spiro atoms. The molecule has 0 saturated carbocycles. The Bertz CT molecular complexity index is 1150. The van der Waals surface area contributed by atoms with Gasteiger partial charge in [-0.1, -0.05) is 30.3 Å². The van der Waals surface area contributed by atoms with Crippen molar-refractivity contribution in [1.82, 2.24) is 19.7 Å². The predicted octanol–water partition coefficient (Wildman–Crippen LogP) is 3.82. The standard InChI is InChI=1S/C21H21F2N7O/c1-30-19-16(11-26-30)18(27-14-7-9-15(10-8-14)31-20(22)23)28-21(29-19)25-12-17(24)13-5-3-2-4-6-13/h2-11,17,20H,12,24H2,1H3,(H2,25,27,28,29). The lowest BCUT2D eigenvalue weighted by atomic mass is 10.1. The van der Waals surface area contributed by atoms with Crippen molar-refractivity contribution in [2.75, 3.05) is 17.2 Å². The number of fused-ring (bicyclic) bond motifs is 1. The van der Waals surface area contributed by atoms with Gasteiger partial charge in [-0.3, -0.25) is 4.68 Å². The largest absolute Gasteiger partial charge is 0.435 e. The molecule has 10 heteroatoms. The highest BCUT2D eigenvalue weighted by molar-refractivity contribution is 5.89. The quantitative estimate of drug-likeness (QED) is 0.394. The normalized spacial score (nSPS) is 12.2. The monoisotopic (exact) mass is 425 g/mol. The molecule has 0 aliphatic heterocycles. The fourth-order valence-corrected chi connectivity index (χ4v) is 3.07. The minimum absolute atomic E-state index is 0.0759. The second-order valence-corrected chi connectivity index (χ2v) is 6.83. The molecule has 2 heterocycles. The number of nitrogens with zero attached hydrogens (tertiary/aromatic N) is 4. The highest BCUT2D eigenvalue weighted by atomic mass is 19.3. The Morgan fingerprint density at radius 3 is 2.52 bits per heavy atom. The molecule has 4 rings (SSSR count). The molecule has 0 fully saturated rings. The van der Waals surface area contributed by atoms with Crippen LogP contribution in [0.15, 0.2) is 60.8 Å². The van der Waals surface area contributed by atoms with Crippen molar-refractivity contribution in [3.05, 3.63) is 66.4 Å². The van der Waals surface area contributed by atoms with Gasteiger partial charge in [-0.25, -0.2) is 0 Å². The number of halogens is 2. The SMILES string of the molecule is Cn1ncc2c(Nc3ccc(OC(F)F)cc3)nc(NCC(N)c3ccccc3)nc21. The molecule has 31 heavy (non-hydrogen) atoms. The average molecular weight is 425 g/mol. The van der Waals surface area contributed by atoms with Crippen LogP contribution in [0.1, 0.15) is 11.6 Å². The van der Waals surface area contributed by atoms with Crippen molar-refractivity contribution in [3.8, 4) is 5.75 Å². The van der Waals surface area contributed by atoms with E-state index in [1.54, 1.807) is 30.1 Å². The summed E-state index contributed by atoms with van der Waals surface area (Å²) in [5, 5.41) is 11.3. The summed E-state index contributed by atoms with van der Waals surface area (Å²) in [6, 6.07) is 15.7. The first-order valence-electron chi connectivity index (χ1n) is 9.55. The molecular weight excluding hydrogens is 404 g/mol. The molecule has 8 nitrogen and oxygen atoms in total. The van der Waals surface area contributed by atoms with E-state index >= 15 is 0 Å². The van der Waals surface area contributed by atoms with E-state index in [9.17, 15) is 8.78 Å². The summed E-state index contributed by atoms with van der Waals surface area (Å²) in [6.45, 7) is -2.43. The van der Waals surface area contributed by atoms with E-state index in [1.165, 1.54) is 12.1 Å². The topological polar surface area (TPSA) is 103 Å². The van der Waals surface area contributed by atoms with Crippen molar-refractivity contribution < 1.29 is 13.5 Å². The maximum absolute atomic E-state index is 12.3. The van der Waals surface area contributed by atoms with E-state index in [0.29, 0.717) is 35.0 Å². The Kier molecular flexibility index (Phi) is 5.89. The molecular formula is C21H21F2N7O. The summed E-state index contributed by atoms with van der Waals surface area (Å²) >= 11 is 0. The highest BCUT2D eigenvalue weighted by Gasteiger charge is 2.13. The van der Waals surface area contributed by atoms with Gasteiger partial charge >= 0.3 is 6.61 Å². The maximum atomic E-state index is 12.3. The predicted molar refractivity (Wildman–Crippen MR) is 115 cm³/mol. The van der Waals surface area contributed by atoms with Gasteiger partial charge in [-0.05, 0) is 29.8 Å². The summed E-state index contributed by atoms with van der Waals surface area (Å²) in [7, 11) is 1.79. The van der Waals surface area contributed by atoms with E-state index < -0.39 is 6.61 Å². The number of anilines is 3. The fourth-order valence-electron chi connectivity index (χ4n) is 3.07. The van der Waals surface area contributed by atoms with Crippen molar-refractivity contribution in [3.63, 3.8) is 0 Å². The number of aryl methyl sites for hydroxylation is 1. The Labute approximate surface area is 177 Å². The van der Waals surface area contributed by atoms with Crippen molar-refractivity contribution in [2.24, 2.45) is 12.8 Å². The summed E-state index contributed by atoms with van der Waals surface area (Å²) in [5.41, 5.74) is 8.54. The number of nitrogens with two attached hydrogens (primary N) is 1. The van der Waals surface area contributed by atoms with Crippen molar-refractivity contribution >= 4 is 28.5 Å². The zero-order valence-electron chi connectivity index (χ0n) is 16.7. The lowest BCUT2D eigenvalue weighted by Crippen LogP contribution is -2.21. The molecule has 0 aliphatic rings. The van der Waals surface area contributed by atoms with Crippen LogP contribution in [0.25, 0.3) is 11.0 Å². The van der Waals surface area contributed by atoms with Crippen LogP contribution < -0.4 is 21.1 Å². The summed E-state index contributed by atoms with van der Waals surface area (Å²) < 4.78 is 30.7. The molecule has 0 saturated heterocycles. The molecule has 0 bridgehead atoms. The van der Waals surface area contributed by atoms with E-state index in [-0.39, 0.29) is 11.8 Å². The summed E-state index contributed by atoms with van der Waals surface area (Å²) in [4.78, 5) is 9.08. The fraction of sp³-hybridized carbons (Fsp3) is 0.190. The Balaban J connectivity index is 1.55. The molecule has 1 atom stereocenters. The number of rotatable bonds is 8. The second-order valence-electron chi connectivity index (χ2n) is 6.83. The van der Waals surface area contributed by atoms with Crippen LogP contribution in [-0.4, -0.2) is 32.9 Å². The first kappa shape index (κ1) is 20.5. The van der Waals surface area contributed by atoms with Crippen LogP contribution in [0, 0.1) is 0 Å². The van der Waals surface area contributed by atoms with Crippen LogP contribution in [0.3, 0.4) is 0 Å². The number of aromatic nitrogens is 4. The Hall–Kier alpha value is -3.79. The van der Waals surface area contributed by atoms with Crippen LogP contribution in [-0.2, 0) is 7.05 Å². The van der Waals surface area contributed by atoms with Gasteiger partial charge in [0.1, 0.15) is 11.6 Å². The van der Waals surface area contributed by atoms with Gasteiger partial charge in [-0.2, -0.15) is 23.8 Å².